The van der Waals surface area contributed by atoms with Gasteiger partial charge >= 0.3 is 0 Å². The van der Waals surface area contributed by atoms with Gasteiger partial charge in [0.05, 0.1) is 0 Å². The van der Waals surface area contributed by atoms with Gasteiger partial charge in [-0.25, -0.2) is 0 Å². The monoisotopic (exact) mass is 289 g/mol. The Labute approximate surface area is 127 Å². The summed E-state index contributed by atoms with van der Waals surface area (Å²) in [5, 5.41) is 0.976. The summed E-state index contributed by atoms with van der Waals surface area (Å²) in [5.41, 5.74) is 5.97. The lowest BCUT2D eigenvalue weighted by atomic mass is 10.1. The van der Waals surface area contributed by atoms with E-state index in [1.54, 1.807) is 0 Å². The normalized spacial score (nSPS) is 25.6. The average Bonchev–Trinajstić information content (AvgIpc) is 3.17. The topological polar surface area (TPSA) is 3.24 Å². The molecule has 0 amide bonds. The van der Waals surface area contributed by atoms with Crippen LogP contribution in [-0.2, 0) is 0 Å². The molecular formula is C18H24ClN. The molecule has 0 radical (unpaired) electrons. The van der Waals surface area contributed by atoms with E-state index in [1.165, 1.54) is 62.8 Å². The Bertz CT molecular complexity index is 468. The lowest BCUT2D eigenvalue weighted by Crippen LogP contribution is -2.11. The van der Waals surface area contributed by atoms with E-state index in [1.807, 2.05) is 0 Å². The number of hydrogen-bond donors (Lipinski definition) is 0. The van der Waals surface area contributed by atoms with E-state index in [0.717, 1.165) is 23.8 Å². The van der Waals surface area contributed by atoms with Crippen LogP contribution in [0.3, 0.4) is 0 Å². The minimum absolute atomic E-state index is 0.756. The maximum atomic E-state index is 6.52. The van der Waals surface area contributed by atoms with Crippen LogP contribution in [-0.4, -0.2) is 18.0 Å². The molecule has 1 aliphatic heterocycles. The summed E-state index contributed by atoms with van der Waals surface area (Å²) >= 11 is 6.52. The third-order valence-corrected chi connectivity index (χ3v) is 5.18. The minimum Gasteiger partial charge on any atom is -0.377 e. The summed E-state index contributed by atoms with van der Waals surface area (Å²) in [7, 11) is 0. The van der Waals surface area contributed by atoms with Crippen LogP contribution in [0.1, 0.15) is 51.4 Å². The van der Waals surface area contributed by atoms with Crippen molar-refractivity contribution in [3.63, 3.8) is 0 Å². The van der Waals surface area contributed by atoms with E-state index < -0.39 is 0 Å². The number of likely N-dealkylation sites (tertiary alicyclic amines) is 1. The highest BCUT2D eigenvalue weighted by Crippen LogP contribution is 2.35. The summed E-state index contributed by atoms with van der Waals surface area (Å²) < 4.78 is 0. The molecule has 0 atom stereocenters. The first kappa shape index (κ1) is 14.0. The molecule has 0 bridgehead atoms. The van der Waals surface area contributed by atoms with Gasteiger partial charge in [-0.05, 0) is 67.7 Å². The molecule has 1 heterocycles. The number of nitrogens with zero attached hydrogens (tertiary/aromatic N) is 1. The van der Waals surface area contributed by atoms with Gasteiger partial charge in [0.25, 0.3) is 0 Å². The van der Waals surface area contributed by atoms with Crippen molar-refractivity contribution in [2.75, 3.05) is 13.1 Å². The fraction of sp³-hybridized carbons (Fsp3) is 0.611. The van der Waals surface area contributed by atoms with E-state index in [0.29, 0.717) is 0 Å². The van der Waals surface area contributed by atoms with Gasteiger partial charge in [-0.15, -0.1) is 5.73 Å². The molecule has 0 aromatic heterocycles. The zero-order valence-electron chi connectivity index (χ0n) is 12.2. The summed E-state index contributed by atoms with van der Waals surface area (Å²) in [6.45, 7) is 2.39. The summed E-state index contributed by atoms with van der Waals surface area (Å²) in [5.74, 6) is 0.756. The molecule has 0 aromatic carbocycles. The molecule has 1 nitrogen and oxygen atoms in total. The standard InChI is InChI=1S/C18H24ClN/c19-18-16(9-5-8-15-6-1-2-7-15)10-11-17(18)14-20-12-3-4-13-20/h8-9,14-15H,1-4,6-7,10-13H2/b17-14+. The smallest absolute Gasteiger partial charge is 0.0490 e. The molecule has 1 saturated heterocycles. The zero-order chi connectivity index (χ0) is 13.8. The Morgan fingerprint density at radius 2 is 1.80 bits per heavy atom. The lowest BCUT2D eigenvalue weighted by molar-refractivity contribution is 0.464. The van der Waals surface area contributed by atoms with Crippen LogP contribution >= 0.6 is 11.6 Å². The van der Waals surface area contributed by atoms with Gasteiger partial charge in [0.15, 0.2) is 0 Å². The van der Waals surface area contributed by atoms with Gasteiger partial charge in [-0.1, -0.05) is 24.4 Å². The van der Waals surface area contributed by atoms with Crippen molar-refractivity contribution < 1.29 is 0 Å². The van der Waals surface area contributed by atoms with Crippen molar-refractivity contribution >= 4 is 11.6 Å². The number of hydrogen-bond acceptors (Lipinski definition) is 1. The van der Waals surface area contributed by atoms with Gasteiger partial charge in [-0.2, -0.15) is 0 Å². The first-order chi connectivity index (χ1) is 9.83. The van der Waals surface area contributed by atoms with E-state index in [4.69, 9.17) is 11.6 Å². The van der Waals surface area contributed by atoms with Crippen LogP contribution in [0.4, 0.5) is 0 Å². The van der Waals surface area contributed by atoms with Crippen molar-refractivity contribution in [1.82, 2.24) is 4.90 Å². The van der Waals surface area contributed by atoms with Crippen LogP contribution in [0.2, 0.25) is 0 Å². The summed E-state index contributed by atoms with van der Waals surface area (Å²) in [6.07, 6.45) is 16.9. The Hall–Kier alpha value is -0.910. The lowest BCUT2D eigenvalue weighted by Gasteiger charge is -2.12. The molecule has 0 unspecified atom stereocenters. The van der Waals surface area contributed by atoms with Crippen molar-refractivity contribution in [2.45, 2.75) is 51.4 Å². The highest BCUT2D eigenvalue weighted by molar-refractivity contribution is 6.32. The van der Waals surface area contributed by atoms with Gasteiger partial charge in [0, 0.05) is 24.3 Å². The average molecular weight is 290 g/mol. The molecule has 108 valence electrons. The minimum atomic E-state index is 0.756. The molecule has 3 rings (SSSR count). The molecule has 3 aliphatic rings. The van der Waals surface area contributed by atoms with E-state index in [-0.39, 0.29) is 0 Å². The Kier molecular flexibility index (Phi) is 4.70. The summed E-state index contributed by atoms with van der Waals surface area (Å²) in [4.78, 5) is 2.42. The van der Waals surface area contributed by atoms with Crippen LogP contribution in [0.5, 0.6) is 0 Å². The molecule has 2 aliphatic carbocycles. The number of allylic oxidation sites excluding steroid dienone is 4. The molecule has 0 aromatic rings. The molecule has 2 fully saturated rings. The van der Waals surface area contributed by atoms with Crippen LogP contribution in [0, 0.1) is 5.92 Å². The second-order valence-corrected chi connectivity index (χ2v) is 6.64. The second-order valence-electron chi connectivity index (χ2n) is 6.26. The maximum Gasteiger partial charge on any atom is 0.0490 e. The summed E-state index contributed by atoms with van der Waals surface area (Å²) in [6, 6.07) is 0. The first-order valence-electron chi connectivity index (χ1n) is 8.09. The predicted octanol–water partition coefficient (Wildman–Crippen LogP) is 5.15. The van der Waals surface area contributed by atoms with E-state index in [9.17, 15) is 0 Å². The molecule has 20 heavy (non-hydrogen) atoms. The Morgan fingerprint density at radius 1 is 1.05 bits per heavy atom. The van der Waals surface area contributed by atoms with Crippen molar-refractivity contribution in [3.05, 3.63) is 40.3 Å². The zero-order valence-corrected chi connectivity index (χ0v) is 13.0. The highest BCUT2D eigenvalue weighted by Gasteiger charge is 2.18. The number of rotatable bonds is 3. The molecule has 2 heteroatoms. The van der Waals surface area contributed by atoms with Gasteiger partial charge in [0.1, 0.15) is 0 Å². The molecule has 0 N–H and O–H groups in total. The van der Waals surface area contributed by atoms with Crippen molar-refractivity contribution in [1.29, 1.82) is 0 Å². The largest absolute Gasteiger partial charge is 0.377 e. The molecule has 1 saturated carbocycles. The van der Waals surface area contributed by atoms with Crippen LogP contribution in [0.25, 0.3) is 0 Å². The molecular weight excluding hydrogens is 266 g/mol. The Balaban J connectivity index is 1.66. The highest BCUT2D eigenvalue weighted by atomic mass is 35.5. The van der Waals surface area contributed by atoms with E-state index in [2.05, 4.69) is 29.0 Å². The third kappa shape index (κ3) is 3.40. The number of halogens is 1. The second kappa shape index (κ2) is 6.70. The first-order valence-corrected chi connectivity index (χ1v) is 8.47. The van der Waals surface area contributed by atoms with Crippen LogP contribution < -0.4 is 0 Å². The van der Waals surface area contributed by atoms with Crippen LogP contribution in [0.15, 0.2) is 40.3 Å². The maximum absolute atomic E-state index is 6.52. The van der Waals surface area contributed by atoms with Gasteiger partial charge < -0.3 is 4.90 Å². The van der Waals surface area contributed by atoms with Gasteiger partial charge in [0.2, 0.25) is 0 Å². The van der Waals surface area contributed by atoms with Crippen molar-refractivity contribution in [2.24, 2.45) is 5.92 Å². The molecule has 0 spiro atoms. The quantitative estimate of drug-likeness (QED) is 0.649. The van der Waals surface area contributed by atoms with E-state index >= 15 is 0 Å². The van der Waals surface area contributed by atoms with Gasteiger partial charge in [-0.3, -0.25) is 0 Å². The Morgan fingerprint density at radius 3 is 2.55 bits per heavy atom. The SMILES string of the molecule is ClC1=C(C=C=CC2CCCC2)CC/C1=C\N1CCCC1. The third-order valence-electron chi connectivity index (χ3n) is 4.70. The fourth-order valence-electron chi connectivity index (χ4n) is 3.45. The predicted molar refractivity (Wildman–Crippen MR) is 85.6 cm³/mol. The fourth-order valence-corrected chi connectivity index (χ4v) is 3.74. The van der Waals surface area contributed by atoms with Crippen molar-refractivity contribution in [3.8, 4) is 0 Å².